The summed E-state index contributed by atoms with van der Waals surface area (Å²) in [6, 6.07) is 9.13. The molecule has 0 radical (unpaired) electrons. The fraction of sp³-hybridized carbons (Fsp3) is 0.429. The Bertz CT molecular complexity index is 1110. The first kappa shape index (κ1) is 26.6. The third-order valence-electron chi connectivity index (χ3n) is 5.84. The van der Waals surface area contributed by atoms with Gasteiger partial charge in [0, 0.05) is 41.8 Å². The van der Waals surface area contributed by atoms with Crippen molar-refractivity contribution in [3.05, 3.63) is 54.1 Å². The molecule has 1 aliphatic heterocycles. The Morgan fingerprint density at radius 1 is 0.971 bits per heavy atom. The number of rotatable bonds is 5. The molecule has 0 aromatic heterocycles. The van der Waals surface area contributed by atoms with Crippen LogP contribution in [-0.4, -0.2) is 55.9 Å². The van der Waals surface area contributed by atoms with E-state index < -0.39 is 33.5 Å². The number of halogens is 6. The molecule has 0 spiro atoms. The van der Waals surface area contributed by atoms with Crippen LogP contribution in [0.15, 0.2) is 58.3 Å². The normalized spacial score (nSPS) is 18.9. The van der Waals surface area contributed by atoms with E-state index in [9.17, 15) is 39.9 Å². The van der Waals surface area contributed by atoms with Gasteiger partial charge >= 0.3 is 12.4 Å². The smallest absolute Gasteiger partial charge is 0.369 e. The third-order valence-corrected chi connectivity index (χ3v) is 8.30. The van der Waals surface area contributed by atoms with Gasteiger partial charge in [0.15, 0.2) is 0 Å². The molecule has 188 valence electrons. The van der Waals surface area contributed by atoms with Crippen molar-refractivity contribution in [2.45, 2.75) is 47.1 Å². The van der Waals surface area contributed by atoms with Gasteiger partial charge in [-0.25, -0.2) is 8.42 Å². The summed E-state index contributed by atoms with van der Waals surface area (Å²) in [5.41, 5.74) is -6.04. The lowest BCUT2D eigenvalue weighted by molar-refractivity contribution is -0.376. The van der Waals surface area contributed by atoms with E-state index in [2.05, 4.69) is 12.6 Å². The van der Waals surface area contributed by atoms with Crippen LogP contribution in [0, 0.1) is 0 Å². The molecule has 1 aliphatic rings. The monoisotopic (exact) mass is 528 g/mol. The van der Waals surface area contributed by atoms with Crippen molar-refractivity contribution in [2.24, 2.45) is 0 Å². The van der Waals surface area contributed by atoms with Crippen LogP contribution in [0.2, 0.25) is 0 Å². The van der Waals surface area contributed by atoms with Gasteiger partial charge in [-0.1, -0.05) is 31.2 Å². The number of anilines is 1. The molecule has 1 N–H and O–H groups in total. The highest BCUT2D eigenvalue weighted by Gasteiger charge is 2.71. The molecule has 13 heteroatoms. The molecular weight excluding hydrogens is 506 g/mol. The molecule has 1 saturated heterocycles. The molecule has 1 heterocycles. The standard InChI is InChI=1S/C21H22F6N2O3S2/c1-2-15-13-28(34(31,32)18-6-4-3-5-17(18)33)11-12-29(15)16-9-7-14(8-10-16)19(30,20(22,23)24)21(25,26)27/h3-10,15,30,33H,2,11-13H2,1H3/t15-/m0/s1. The molecule has 34 heavy (non-hydrogen) atoms. The lowest BCUT2D eigenvalue weighted by Gasteiger charge is -2.42. The van der Waals surface area contributed by atoms with Crippen molar-refractivity contribution in [3.8, 4) is 0 Å². The van der Waals surface area contributed by atoms with Crippen LogP contribution >= 0.6 is 12.6 Å². The number of alkyl halides is 6. The molecule has 5 nitrogen and oxygen atoms in total. The van der Waals surface area contributed by atoms with Crippen molar-refractivity contribution in [3.63, 3.8) is 0 Å². The lowest BCUT2D eigenvalue weighted by atomic mass is 9.92. The maximum atomic E-state index is 13.1. The molecule has 0 amide bonds. The summed E-state index contributed by atoms with van der Waals surface area (Å²) in [5, 5.41) is 9.57. The lowest BCUT2D eigenvalue weighted by Crippen LogP contribution is -2.55. The summed E-state index contributed by atoms with van der Waals surface area (Å²) in [6.07, 6.45) is -11.5. The van der Waals surface area contributed by atoms with E-state index in [0.29, 0.717) is 24.2 Å². The topological polar surface area (TPSA) is 60.9 Å². The Morgan fingerprint density at radius 3 is 2.03 bits per heavy atom. The number of aliphatic hydroxyl groups is 1. The Morgan fingerprint density at radius 2 is 1.53 bits per heavy atom. The molecule has 3 rings (SSSR count). The molecule has 1 fully saturated rings. The Kier molecular flexibility index (Phi) is 7.25. The summed E-state index contributed by atoms with van der Waals surface area (Å²) < 4.78 is 106. The first-order valence-electron chi connectivity index (χ1n) is 10.2. The zero-order valence-electron chi connectivity index (χ0n) is 17.8. The minimum Gasteiger partial charge on any atom is -0.369 e. The van der Waals surface area contributed by atoms with Crippen LogP contribution < -0.4 is 4.90 Å². The highest BCUT2D eigenvalue weighted by molar-refractivity contribution is 7.90. The summed E-state index contributed by atoms with van der Waals surface area (Å²) >= 11 is 4.21. The molecule has 0 saturated carbocycles. The minimum absolute atomic E-state index is 0.0459. The van der Waals surface area contributed by atoms with Gasteiger partial charge in [0.1, 0.15) is 0 Å². The molecule has 1 atom stereocenters. The van der Waals surface area contributed by atoms with Gasteiger partial charge in [-0.2, -0.15) is 30.6 Å². The minimum atomic E-state index is -5.97. The number of thiol groups is 1. The van der Waals surface area contributed by atoms with E-state index in [1.165, 1.54) is 10.4 Å². The predicted octanol–water partition coefficient (Wildman–Crippen LogP) is 4.58. The van der Waals surface area contributed by atoms with Gasteiger partial charge in [0.2, 0.25) is 10.0 Å². The summed E-state index contributed by atoms with van der Waals surface area (Å²) in [5.74, 6) is 0. The van der Waals surface area contributed by atoms with Crippen molar-refractivity contribution < 1.29 is 39.9 Å². The molecule has 0 bridgehead atoms. The maximum absolute atomic E-state index is 13.1. The van der Waals surface area contributed by atoms with E-state index in [1.54, 1.807) is 30.0 Å². The molecule has 0 aliphatic carbocycles. The summed E-state index contributed by atoms with van der Waals surface area (Å²) in [7, 11) is -3.85. The number of hydrogen-bond acceptors (Lipinski definition) is 5. The predicted molar refractivity (Wildman–Crippen MR) is 116 cm³/mol. The Labute approximate surface area is 198 Å². The van der Waals surface area contributed by atoms with Crippen LogP contribution in [0.4, 0.5) is 32.0 Å². The number of sulfonamides is 1. The average Bonchev–Trinajstić information content (AvgIpc) is 2.76. The van der Waals surface area contributed by atoms with Crippen molar-refractivity contribution in [1.29, 1.82) is 0 Å². The van der Waals surface area contributed by atoms with Crippen LogP contribution in [-0.2, 0) is 15.6 Å². The number of piperazine rings is 1. The van der Waals surface area contributed by atoms with Crippen LogP contribution in [0.5, 0.6) is 0 Å². The average molecular weight is 529 g/mol. The van der Waals surface area contributed by atoms with Crippen molar-refractivity contribution in [1.82, 2.24) is 4.31 Å². The Balaban J connectivity index is 1.87. The zero-order chi connectivity index (χ0) is 25.5. The molecule has 2 aromatic rings. The maximum Gasteiger partial charge on any atom is 0.430 e. The van der Waals surface area contributed by atoms with Crippen LogP contribution in [0.3, 0.4) is 0 Å². The first-order chi connectivity index (χ1) is 15.6. The van der Waals surface area contributed by atoms with Gasteiger partial charge < -0.3 is 10.0 Å². The summed E-state index contributed by atoms with van der Waals surface area (Å²) in [6.45, 7) is 2.07. The number of nitrogens with zero attached hydrogens (tertiary/aromatic N) is 2. The van der Waals surface area contributed by atoms with Gasteiger partial charge in [-0.3, -0.25) is 0 Å². The first-order valence-corrected chi connectivity index (χ1v) is 12.0. The summed E-state index contributed by atoms with van der Waals surface area (Å²) in [4.78, 5) is 2.06. The van der Waals surface area contributed by atoms with Crippen LogP contribution in [0.25, 0.3) is 0 Å². The van der Waals surface area contributed by atoms with E-state index in [-0.39, 0.29) is 35.5 Å². The number of benzene rings is 2. The highest BCUT2D eigenvalue weighted by atomic mass is 32.2. The fourth-order valence-corrected chi connectivity index (χ4v) is 5.99. The van der Waals surface area contributed by atoms with E-state index in [4.69, 9.17) is 0 Å². The second-order valence-electron chi connectivity index (χ2n) is 7.84. The second kappa shape index (κ2) is 9.25. The molecule has 0 unspecified atom stereocenters. The molecular formula is C21H22F6N2O3S2. The molecule has 2 aromatic carbocycles. The van der Waals surface area contributed by atoms with Gasteiger partial charge in [0.05, 0.1) is 4.90 Å². The fourth-order valence-electron chi connectivity index (χ4n) is 3.93. The van der Waals surface area contributed by atoms with E-state index >= 15 is 0 Å². The third kappa shape index (κ3) is 4.62. The Hall–Kier alpha value is -1.96. The van der Waals surface area contributed by atoms with Gasteiger partial charge in [-0.15, -0.1) is 12.6 Å². The van der Waals surface area contributed by atoms with E-state index in [1.807, 2.05) is 0 Å². The SMILES string of the molecule is CC[C@H]1CN(S(=O)(=O)c2ccccc2S)CCN1c1ccc(C(O)(C(F)(F)F)C(F)(F)F)cc1. The number of hydrogen-bond donors (Lipinski definition) is 2. The second-order valence-corrected chi connectivity index (χ2v) is 10.2. The zero-order valence-corrected chi connectivity index (χ0v) is 19.5. The van der Waals surface area contributed by atoms with E-state index in [0.717, 1.165) is 12.1 Å². The van der Waals surface area contributed by atoms with Crippen molar-refractivity contribution >= 4 is 28.3 Å². The van der Waals surface area contributed by atoms with Crippen LogP contribution in [0.1, 0.15) is 18.9 Å². The quantitative estimate of drug-likeness (QED) is 0.441. The van der Waals surface area contributed by atoms with Crippen molar-refractivity contribution in [2.75, 3.05) is 24.5 Å². The van der Waals surface area contributed by atoms with Gasteiger partial charge in [-0.05, 0) is 30.7 Å². The van der Waals surface area contributed by atoms with Gasteiger partial charge in [0.25, 0.3) is 5.60 Å². The highest BCUT2D eigenvalue weighted by Crippen LogP contribution is 2.50. The largest absolute Gasteiger partial charge is 0.430 e.